The van der Waals surface area contributed by atoms with Gasteiger partial charge >= 0.3 is 5.97 Å². The molecule has 0 saturated heterocycles. The van der Waals surface area contributed by atoms with Crippen molar-refractivity contribution in [3.05, 3.63) is 65.2 Å². The SMILES string of the molecule is Cc1ccc(C(=O)Oc2ccc(CCC3CCCCC3)cc2)cc1. The average molecular weight is 322 g/mol. The molecule has 1 saturated carbocycles. The highest BCUT2D eigenvalue weighted by Crippen LogP contribution is 2.27. The van der Waals surface area contributed by atoms with Crippen molar-refractivity contribution >= 4 is 5.97 Å². The molecule has 0 aromatic heterocycles. The van der Waals surface area contributed by atoms with Gasteiger partial charge in [-0.3, -0.25) is 0 Å². The number of hydrogen-bond acceptors (Lipinski definition) is 2. The molecule has 24 heavy (non-hydrogen) atoms. The van der Waals surface area contributed by atoms with Crippen molar-refractivity contribution < 1.29 is 9.53 Å². The fraction of sp³-hybridized carbons (Fsp3) is 0.409. The van der Waals surface area contributed by atoms with Gasteiger partial charge in [0, 0.05) is 0 Å². The molecule has 0 spiro atoms. The van der Waals surface area contributed by atoms with E-state index in [1.54, 1.807) is 12.1 Å². The first-order valence-corrected chi connectivity index (χ1v) is 9.08. The van der Waals surface area contributed by atoms with Crippen molar-refractivity contribution in [3.63, 3.8) is 0 Å². The molecule has 0 aliphatic heterocycles. The van der Waals surface area contributed by atoms with Gasteiger partial charge < -0.3 is 4.74 Å². The van der Waals surface area contributed by atoms with E-state index in [-0.39, 0.29) is 5.97 Å². The van der Waals surface area contributed by atoms with E-state index in [1.165, 1.54) is 44.1 Å². The summed E-state index contributed by atoms with van der Waals surface area (Å²) in [4.78, 5) is 12.1. The van der Waals surface area contributed by atoms with Crippen molar-refractivity contribution in [2.24, 2.45) is 5.92 Å². The van der Waals surface area contributed by atoms with Crippen LogP contribution in [0.1, 0.15) is 60.0 Å². The van der Waals surface area contributed by atoms with Gasteiger partial charge in [-0.25, -0.2) is 4.79 Å². The van der Waals surface area contributed by atoms with Gasteiger partial charge in [0.15, 0.2) is 0 Å². The Bertz CT molecular complexity index is 649. The summed E-state index contributed by atoms with van der Waals surface area (Å²) in [5.41, 5.74) is 3.05. The number of benzene rings is 2. The number of esters is 1. The van der Waals surface area contributed by atoms with Crippen molar-refractivity contribution in [3.8, 4) is 5.75 Å². The summed E-state index contributed by atoms with van der Waals surface area (Å²) in [5, 5.41) is 0. The lowest BCUT2D eigenvalue weighted by Gasteiger charge is -2.21. The maximum atomic E-state index is 12.1. The van der Waals surface area contributed by atoms with E-state index in [4.69, 9.17) is 4.74 Å². The van der Waals surface area contributed by atoms with Gasteiger partial charge in [-0.2, -0.15) is 0 Å². The monoisotopic (exact) mass is 322 g/mol. The van der Waals surface area contributed by atoms with Crippen LogP contribution >= 0.6 is 0 Å². The largest absolute Gasteiger partial charge is 0.423 e. The van der Waals surface area contributed by atoms with Gasteiger partial charge in [0.25, 0.3) is 0 Å². The van der Waals surface area contributed by atoms with Crippen LogP contribution in [-0.4, -0.2) is 5.97 Å². The third kappa shape index (κ3) is 4.70. The van der Waals surface area contributed by atoms with E-state index in [0.29, 0.717) is 11.3 Å². The second kappa shape index (κ2) is 8.14. The summed E-state index contributed by atoms with van der Waals surface area (Å²) in [6.45, 7) is 2.00. The molecule has 2 nitrogen and oxygen atoms in total. The van der Waals surface area contributed by atoms with Crippen LogP contribution in [0.25, 0.3) is 0 Å². The number of hydrogen-bond donors (Lipinski definition) is 0. The molecule has 0 N–H and O–H groups in total. The molecule has 1 aliphatic carbocycles. The summed E-state index contributed by atoms with van der Waals surface area (Å²) < 4.78 is 5.45. The lowest BCUT2D eigenvalue weighted by atomic mass is 9.85. The zero-order valence-corrected chi connectivity index (χ0v) is 14.5. The maximum Gasteiger partial charge on any atom is 0.343 e. The van der Waals surface area contributed by atoms with Gasteiger partial charge in [-0.1, -0.05) is 61.9 Å². The maximum absolute atomic E-state index is 12.1. The highest BCUT2D eigenvalue weighted by atomic mass is 16.5. The topological polar surface area (TPSA) is 26.3 Å². The molecule has 1 aliphatic rings. The van der Waals surface area contributed by atoms with E-state index >= 15 is 0 Å². The highest BCUT2D eigenvalue weighted by molar-refractivity contribution is 5.91. The first kappa shape index (κ1) is 16.8. The molecule has 0 unspecified atom stereocenters. The smallest absolute Gasteiger partial charge is 0.343 e. The van der Waals surface area contributed by atoms with Gasteiger partial charge in [-0.05, 0) is 55.5 Å². The Balaban J connectivity index is 1.52. The summed E-state index contributed by atoms with van der Waals surface area (Å²) in [6.07, 6.45) is 9.41. The summed E-state index contributed by atoms with van der Waals surface area (Å²) in [6, 6.07) is 15.4. The fourth-order valence-electron chi connectivity index (χ4n) is 3.43. The van der Waals surface area contributed by atoms with Crippen molar-refractivity contribution in [1.82, 2.24) is 0 Å². The van der Waals surface area contributed by atoms with Crippen LogP contribution in [0.2, 0.25) is 0 Å². The van der Waals surface area contributed by atoms with Crippen LogP contribution in [0.5, 0.6) is 5.75 Å². The van der Waals surface area contributed by atoms with Crippen molar-refractivity contribution in [2.75, 3.05) is 0 Å². The van der Waals surface area contributed by atoms with Crippen LogP contribution in [0.15, 0.2) is 48.5 Å². The zero-order chi connectivity index (χ0) is 16.8. The third-order valence-corrected chi connectivity index (χ3v) is 4.99. The molecular weight excluding hydrogens is 296 g/mol. The standard InChI is InChI=1S/C22H26O2/c1-17-7-13-20(14-8-17)22(23)24-21-15-11-19(12-16-21)10-9-18-5-3-2-4-6-18/h7-8,11-16,18H,2-6,9-10H2,1H3. The van der Waals surface area contributed by atoms with Crippen LogP contribution in [0.4, 0.5) is 0 Å². The van der Waals surface area contributed by atoms with E-state index < -0.39 is 0 Å². The van der Waals surface area contributed by atoms with E-state index in [9.17, 15) is 4.79 Å². The van der Waals surface area contributed by atoms with Gasteiger partial charge in [0.1, 0.15) is 5.75 Å². The van der Waals surface area contributed by atoms with Gasteiger partial charge in [0.2, 0.25) is 0 Å². The molecule has 0 bridgehead atoms. The minimum absolute atomic E-state index is 0.301. The first-order chi connectivity index (χ1) is 11.7. The number of ether oxygens (including phenoxy) is 1. The molecule has 2 aromatic rings. The molecular formula is C22H26O2. The average Bonchev–Trinajstić information content (AvgIpc) is 2.62. The normalized spacial score (nSPS) is 15.2. The lowest BCUT2D eigenvalue weighted by molar-refractivity contribution is 0.0734. The second-order valence-corrected chi connectivity index (χ2v) is 6.94. The Morgan fingerprint density at radius 1 is 0.958 bits per heavy atom. The van der Waals surface area contributed by atoms with Gasteiger partial charge in [-0.15, -0.1) is 0 Å². The van der Waals surface area contributed by atoms with Crippen molar-refractivity contribution in [2.45, 2.75) is 51.9 Å². The minimum Gasteiger partial charge on any atom is -0.423 e. The van der Waals surface area contributed by atoms with Crippen LogP contribution in [0, 0.1) is 12.8 Å². The Morgan fingerprint density at radius 3 is 2.29 bits per heavy atom. The molecule has 1 fully saturated rings. The van der Waals surface area contributed by atoms with Gasteiger partial charge in [0.05, 0.1) is 5.56 Å². The Labute approximate surface area is 144 Å². The van der Waals surface area contributed by atoms with Crippen LogP contribution in [0.3, 0.4) is 0 Å². The van der Waals surface area contributed by atoms with E-state index in [2.05, 4.69) is 12.1 Å². The molecule has 0 amide bonds. The van der Waals surface area contributed by atoms with E-state index in [1.807, 2.05) is 31.2 Å². The molecule has 0 atom stereocenters. The summed E-state index contributed by atoms with van der Waals surface area (Å²) in [7, 11) is 0. The number of aryl methyl sites for hydroxylation is 2. The number of rotatable bonds is 5. The molecule has 0 heterocycles. The molecule has 3 rings (SSSR count). The number of carbonyl (C=O) groups excluding carboxylic acids is 1. The molecule has 2 aromatic carbocycles. The predicted octanol–water partition coefficient (Wildman–Crippen LogP) is 5.73. The third-order valence-electron chi connectivity index (χ3n) is 4.99. The minimum atomic E-state index is -0.301. The van der Waals surface area contributed by atoms with Crippen molar-refractivity contribution in [1.29, 1.82) is 0 Å². The first-order valence-electron chi connectivity index (χ1n) is 9.08. The van der Waals surface area contributed by atoms with Crippen LogP contribution < -0.4 is 4.74 Å². The number of carbonyl (C=O) groups is 1. The second-order valence-electron chi connectivity index (χ2n) is 6.94. The lowest BCUT2D eigenvalue weighted by Crippen LogP contribution is -2.08. The molecule has 0 radical (unpaired) electrons. The Morgan fingerprint density at radius 2 is 1.62 bits per heavy atom. The Hall–Kier alpha value is -2.09. The van der Waals surface area contributed by atoms with E-state index in [0.717, 1.165) is 17.9 Å². The summed E-state index contributed by atoms with van der Waals surface area (Å²) >= 11 is 0. The summed E-state index contributed by atoms with van der Waals surface area (Å²) in [5.74, 6) is 1.21. The highest BCUT2D eigenvalue weighted by Gasteiger charge is 2.13. The predicted molar refractivity (Wildman–Crippen MR) is 97.5 cm³/mol. The molecule has 2 heteroatoms. The fourth-order valence-corrected chi connectivity index (χ4v) is 3.43. The Kier molecular flexibility index (Phi) is 5.68. The van der Waals surface area contributed by atoms with Crippen LogP contribution in [-0.2, 0) is 6.42 Å². The molecule has 126 valence electrons. The quantitative estimate of drug-likeness (QED) is 0.519. The zero-order valence-electron chi connectivity index (χ0n) is 14.5.